The molecule has 0 radical (unpaired) electrons. The lowest BCUT2D eigenvalue weighted by molar-refractivity contribution is -0.385. The highest BCUT2D eigenvalue weighted by molar-refractivity contribution is 6.02. The van der Waals surface area contributed by atoms with Crippen molar-refractivity contribution in [2.24, 2.45) is 0 Å². The quantitative estimate of drug-likeness (QED) is 0.416. The van der Waals surface area contributed by atoms with Crippen LogP contribution in [0.25, 0.3) is 11.8 Å². The van der Waals surface area contributed by atoms with Crippen LogP contribution >= 0.6 is 0 Å². The highest BCUT2D eigenvalue weighted by atomic mass is 16.6. The van der Waals surface area contributed by atoms with E-state index in [0.29, 0.717) is 11.4 Å². The normalized spacial score (nSPS) is 12.9. The number of hydrogen-bond donors (Lipinski definition) is 1. The molecule has 3 aromatic rings. The lowest BCUT2D eigenvalue weighted by Gasteiger charge is -2.09. The van der Waals surface area contributed by atoms with E-state index in [1.165, 1.54) is 18.2 Å². The third-order valence-corrected chi connectivity index (χ3v) is 4.70. The summed E-state index contributed by atoms with van der Waals surface area (Å²) in [5.41, 5.74) is 3.26. The first kappa shape index (κ1) is 17.7. The van der Waals surface area contributed by atoms with Crippen LogP contribution in [0.15, 0.2) is 60.7 Å². The molecule has 0 atom stereocenters. The maximum Gasteiger partial charge on any atom is 0.276 e. The lowest BCUT2D eigenvalue weighted by atomic mass is 10.1. The smallest absolute Gasteiger partial charge is 0.276 e. The van der Waals surface area contributed by atoms with Crippen molar-refractivity contribution in [1.82, 2.24) is 9.78 Å². The number of fused-ring (bicyclic) bond motifs is 1. The van der Waals surface area contributed by atoms with E-state index >= 15 is 0 Å². The SMILES string of the molecule is O=C(/C=C/c1ccccc1[N+](=O)[O-])Nc1c2c(nn1-c1ccccc1)CCC2. The number of anilines is 1. The number of benzene rings is 2. The zero-order valence-electron chi connectivity index (χ0n) is 15.0. The van der Waals surface area contributed by atoms with Crippen LogP contribution < -0.4 is 5.32 Å². The van der Waals surface area contributed by atoms with Crippen molar-refractivity contribution in [3.05, 3.63) is 87.6 Å². The molecule has 0 aliphatic heterocycles. The standard InChI is InChI=1S/C21H18N4O3/c26-20(14-13-15-7-4-5-12-19(15)25(27)28)22-21-17-10-6-11-18(17)23-24(21)16-8-2-1-3-9-16/h1-5,7-9,12-14H,6,10-11H2,(H,22,26)/b14-13+. The van der Waals surface area contributed by atoms with Crippen molar-refractivity contribution in [3.8, 4) is 5.69 Å². The summed E-state index contributed by atoms with van der Waals surface area (Å²) in [6, 6.07) is 15.9. The minimum atomic E-state index is -0.463. The molecule has 1 aliphatic carbocycles. The molecule has 7 heteroatoms. The van der Waals surface area contributed by atoms with Gasteiger partial charge in [0.05, 0.1) is 21.9 Å². The van der Waals surface area contributed by atoms with Crippen LogP contribution in [0.1, 0.15) is 23.2 Å². The molecule has 0 saturated heterocycles. The summed E-state index contributed by atoms with van der Waals surface area (Å²) in [6.45, 7) is 0. The van der Waals surface area contributed by atoms with Crippen LogP contribution in [0.2, 0.25) is 0 Å². The summed E-state index contributed by atoms with van der Waals surface area (Å²) in [5, 5.41) is 18.7. The van der Waals surface area contributed by atoms with Gasteiger partial charge in [0.1, 0.15) is 5.82 Å². The predicted octanol–water partition coefficient (Wildman–Crippen LogP) is 3.92. The minimum absolute atomic E-state index is 0.0400. The van der Waals surface area contributed by atoms with Crippen molar-refractivity contribution in [2.75, 3.05) is 5.32 Å². The van der Waals surface area contributed by atoms with E-state index in [9.17, 15) is 14.9 Å². The zero-order chi connectivity index (χ0) is 19.5. The molecule has 0 fully saturated rings. The van der Waals surface area contributed by atoms with E-state index in [-0.39, 0.29) is 11.6 Å². The molecule has 1 N–H and O–H groups in total. The number of nitro groups is 1. The maximum absolute atomic E-state index is 12.5. The molecule has 140 valence electrons. The Morgan fingerprint density at radius 1 is 1.11 bits per heavy atom. The second-order valence-corrected chi connectivity index (χ2v) is 6.51. The van der Waals surface area contributed by atoms with Gasteiger partial charge in [0, 0.05) is 17.7 Å². The molecule has 7 nitrogen and oxygen atoms in total. The number of para-hydroxylation sites is 2. The molecule has 0 unspecified atom stereocenters. The Bertz CT molecular complexity index is 1070. The van der Waals surface area contributed by atoms with Crippen molar-refractivity contribution >= 4 is 23.5 Å². The number of amides is 1. The average molecular weight is 374 g/mol. The number of carbonyl (C=O) groups is 1. The van der Waals surface area contributed by atoms with Gasteiger partial charge in [-0.05, 0) is 43.5 Å². The molecular weight excluding hydrogens is 356 g/mol. The van der Waals surface area contributed by atoms with Gasteiger partial charge in [-0.15, -0.1) is 0 Å². The van der Waals surface area contributed by atoms with Crippen LogP contribution in [0.5, 0.6) is 0 Å². The zero-order valence-corrected chi connectivity index (χ0v) is 15.0. The van der Waals surface area contributed by atoms with Crippen molar-refractivity contribution in [3.63, 3.8) is 0 Å². The van der Waals surface area contributed by atoms with E-state index in [2.05, 4.69) is 10.4 Å². The number of carbonyl (C=O) groups excluding carboxylic acids is 1. The monoisotopic (exact) mass is 374 g/mol. The minimum Gasteiger partial charge on any atom is -0.307 e. The molecule has 0 bridgehead atoms. The summed E-state index contributed by atoms with van der Waals surface area (Å²) in [6.07, 6.45) is 5.54. The van der Waals surface area contributed by atoms with Crippen LogP contribution in [-0.4, -0.2) is 20.6 Å². The first-order valence-electron chi connectivity index (χ1n) is 9.02. The number of rotatable bonds is 5. The summed E-state index contributed by atoms with van der Waals surface area (Å²) < 4.78 is 1.75. The van der Waals surface area contributed by atoms with Gasteiger partial charge >= 0.3 is 0 Å². The predicted molar refractivity (Wildman–Crippen MR) is 106 cm³/mol. The van der Waals surface area contributed by atoms with Gasteiger partial charge in [0.15, 0.2) is 0 Å². The highest BCUT2D eigenvalue weighted by Crippen LogP contribution is 2.31. The number of aryl methyl sites for hydroxylation is 1. The van der Waals surface area contributed by atoms with Crippen molar-refractivity contribution in [1.29, 1.82) is 0 Å². The molecule has 0 spiro atoms. The Kier molecular flexibility index (Phi) is 4.72. The lowest BCUT2D eigenvalue weighted by Crippen LogP contribution is -2.13. The number of hydrogen-bond acceptors (Lipinski definition) is 4. The van der Waals surface area contributed by atoms with Crippen LogP contribution in [0.3, 0.4) is 0 Å². The topological polar surface area (TPSA) is 90.1 Å². The van der Waals surface area contributed by atoms with Gasteiger partial charge in [0.25, 0.3) is 5.69 Å². The Morgan fingerprint density at radius 2 is 1.86 bits per heavy atom. The first-order chi connectivity index (χ1) is 13.6. The first-order valence-corrected chi connectivity index (χ1v) is 9.02. The highest BCUT2D eigenvalue weighted by Gasteiger charge is 2.23. The third-order valence-electron chi connectivity index (χ3n) is 4.70. The summed E-state index contributed by atoms with van der Waals surface area (Å²) in [4.78, 5) is 23.2. The molecule has 28 heavy (non-hydrogen) atoms. The Labute approximate surface area is 161 Å². The summed E-state index contributed by atoms with van der Waals surface area (Å²) >= 11 is 0. The fourth-order valence-corrected chi connectivity index (χ4v) is 3.39. The molecular formula is C21H18N4O3. The number of nitrogens with zero attached hydrogens (tertiary/aromatic N) is 3. The number of nitrogens with one attached hydrogen (secondary N) is 1. The number of nitro benzene ring substituents is 1. The Morgan fingerprint density at radius 3 is 2.64 bits per heavy atom. The maximum atomic E-state index is 12.5. The third kappa shape index (κ3) is 3.42. The van der Waals surface area contributed by atoms with E-state index < -0.39 is 4.92 Å². The van der Waals surface area contributed by atoms with Gasteiger partial charge < -0.3 is 5.32 Å². The van der Waals surface area contributed by atoms with E-state index in [1.54, 1.807) is 22.9 Å². The fraction of sp³-hybridized carbons (Fsp3) is 0.143. The van der Waals surface area contributed by atoms with Gasteiger partial charge in [-0.1, -0.05) is 30.3 Å². The van der Waals surface area contributed by atoms with Crippen molar-refractivity contribution in [2.45, 2.75) is 19.3 Å². The van der Waals surface area contributed by atoms with Crippen LogP contribution in [-0.2, 0) is 17.6 Å². The molecule has 1 aliphatic rings. The van der Waals surface area contributed by atoms with Gasteiger partial charge in [0.2, 0.25) is 5.91 Å². The average Bonchev–Trinajstić information content (AvgIpc) is 3.30. The second kappa shape index (κ2) is 7.48. The van der Waals surface area contributed by atoms with Gasteiger partial charge in [-0.25, -0.2) is 4.68 Å². The van der Waals surface area contributed by atoms with Gasteiger partial charge in [-0.2, -0.15) is 5.10 Å². The second-order valence-electron chi connectivity index (χ2n) is 6.51. The summed E-state index contributed by atoms with van der Waals surface area (Å²) in [5.74, 6) is 0.306. The molecule has 2 aromatic carbocycles. The van der Waals surface area contributed by atoms with Crippen molar-refractivity contribution < 1.29 is 9.72 Å². The fourth-order valence-electron chi connectivity index (χ4n) is 3.39. The molecule has 1 amide bonds. The Hall–Kier alpha value is -3.74. The van der Waals surface area contributed by atoms with E-state index in [0.717, 1.165) is 36.2 Å². The summed E-state index contributed by atoms with van der Waals surface area (Å²) in [7, 11) is 0. The Balaban J connectivity index is 1.61. The molecule has 1 heterocycles. The van der Waals surface area contributed by atoms with Crippen LogP contribution in [0.4, 0.5) is 11.5 Å². The van der Waals surface area contributed by atoms with E-state index in [1.807, 2.05) is 30.3 Å². The largest absolute Gasteiger partial charge is 0.307 e. The molecule has 4 rings (SSSR count). The van der Waals surface area contributed by atoms with Crippen LogP contribution in [0, 0.1) is 10.1 Å². The number of aromatic nitrogens is 2. The molecule has 0 saturated carbocycles. The van der Waals surface area contributed by atoms with E-state index in [4.69, 9.17) is 0 Å². The van der Waals surface area contributed by atoms with Gasteiger partial charge in [-0.3, -0.25) is 14.9 Å². The molecule has 1 aromatic heterocycles.